The zero-order valence-electron chi connectivity index (χ0n) is 12.3. The summed E-state index contributed by atoms with van der Waals surface area (Å²) in [6.07, 6.45) is 0. The number of nitrogens with one attached hydrogen (secondary N) is 1. The summed E-state index contributed by atoms with van der Waals surface area (Å²) in [4.78, 5) is 12.4. The number of halogens is 1. The van der Waals surface area contributed by atoms with Crippen LogP contribution in [0.3, 0.4) is 0 Å². The minimum atomic E-state index is -0.132. The number of hydrogen-bond donors (Lipinski definition) is 1. The molecular formula is C17H18BrNO2. The van der Waals surface area contributed by atoms with Crippen molar-refractivity contribution >= 4 is 21.8 Å². The lowest BCUT2D eigenvalue weighted by atomic mass is 10.0. The number of methoxy groups -OCH3 is 1. The predicted molar refractivity (Wildman–Crippen MR) is 87.8 cm³/mol. The highest BCUT2D eigenvalue weighted by atomic mass is 79.9. The van der Waals surface area contributed by atoms with Crippen LogP contribution in [0.5, 0.6) is 5.75 Å². The van der Waals surface area contributed by atoms with Crippen molar-refractivity contribution in [2.24, 2.45) is 0 Å². The van der Waals surface area contributed by atoms with Crippen LogP contribution in [0, 0.1) is 6.92 Å². The van der Waals surface area contributed by atoms with Gasteiger partial charge in [0.15, 0.2) is 0 Å². The van der Waals surface area contributed by atoms with E-state index < -0.39 is 0 Å². The normalized spacial score (nSPS) is 11.8. The van der Waals surface area contributed by atoms with Crippen molar-refractivity contribution in [1.29, 1.82) is 0 Å². The topological polar surface area (TPSA) is 38.3 Å². The molecule has 4 heteroatoms. The first-order valence-electron chi connectivity index (χ1n) is 6.73. The number of aryl methyl sites for hydroxylation is 1. The Bertz CT molecular complexity index is 655. The molecule has 1 amide bonds. The monoisotopic (exact) mass is 347 g/mol. The zero-order chi connectivity index (χ0) is 15.4. The van der Waals surface area contributed by atoms with E-state index in [0.717, 1.165) is 21.3 Å². The van der Waals surface area contributed by atoms with E-state index in [4.69, 9.17) is 4.74 Å². The summed E-state index contributed by atoms with van der Waals surface area (Å²) in [5, 5.41) is 3.02. The number of ether oxygens (including phenoxy) is 1. The highest BCUT2D eigenvalue weighted by Crippen LogP contribution is 2.25. The van der Waals surface area contributed by atoms with Gasteiger partial charge in [0.25, 0.3) is 5.91 Å². The summed E-state index contributed by atoms with van der Waals surface area (Å²) >= 11 is 3.40. The molecule has 0 aliphatic rings. The Kier molecular flexibility index (Phi) is 5.02. The zero-order valence-corrected chi connectivity index (χ0v) is 13.9. The van der Waals surface area contributed by atoms with Crippen molar-refractivity contribution in [2.75, 3.05) is 7.11 Å². The Balaban J connectivity index is 2.21. The number of hydrogen-bond acceptors (Lipinski definition) is 2. The van der Waals surface area contributed by atoms with E-state index in [1.807, 2.05) is 56.3 Å². The van der Waals surface area contributed by atoms with Crippen molar-refractivity contribution in [2.45, 2.75) is 19.9 Å². The lowest BCUT2D eigenvalue weighted by Gasteiger charge is -2.18. The number of rotatable bonds is 4. The number of para-hydroxylation sites is 1. The minimum absolute atomic E-state index is 0.0905. The van der Waals surface area contributed by atoms with Gasteiger partial charge >= 0.3 is 0 Å². The van der Waals surface area contributed by atoms with Crippen molar-refractivity contribution < 1.29 is 9.53 Å². The van der Waals surface area contributed by atoms with Gasteiger partial charge in [0, 0.05) is 15.6 Å². The van der Waals surface area contributed by atoms with Crippen molar-refractivity contribution in [3.05, 3.63) is 63.6 Å². The molecule has 0 spiro atoms. The summed E-state index contributed by atoms with van der Waals surface area (Å²) in [7, 11) is 1.63. The maximum absolute atomic E-state index is 12.4. The molecule has 0 saturated heterocycles. The molecule has 0 aliphatic carbocycles. The molecule has 21 heavy (non-hydrogen) atoms. The molecule has 0 heterocycles. The molecular weight excluding hydrogens is 330 g/mol. The van der Waals surface area contributed by atoms with E-state index in [1.54, 1.807) is 7.11 Å². The average molecular weight is 348 g/mol. The van der Waals surface area contributed by atoms with E-state index in [-0.39, 0.29) is 11.9 Å². The van der Waals surface area contributed by atoms with Crippen LogP contribution >= 0.6 is 15.9 Å². The third-order valence-electron chi connectivity index (χ3n) is 3.40. The number of benzene rings is 2. The van der Waals surface area contributed by atoms with E-state index in [2.05, 4.69) is 21.2 Å². The van der Waals surface area contributed by atoms with Gasteiger partial charge in [-0.25, -0.2) is 0 Å². The second kappa shape index (κ2) is 6.76. The minimum Gasteiger partial charge on any atom is -0.496 e. The highest BCUT2D eigenvalue weighted by molar-refractivity contribution is 9.10. The standard InChI is InChI=1S/C17H18BrNO2/c1-11-8-9-13(18)10-15(11)17(20)19-12(2)14-6-4-5-7-16(14)21-3/h4-10,12H,1-3H3,(H,19,20). The van der Waals surface area contributed by atoms with Crippen LogP contribution in [0.25, 0.3) is 0 Å². The Morgan fingerprint density at radius 3 is 2.67 bits per heavy atom. The molecule has 110 valence electrons. The van der Waals surface area contributed by atoms with Gasteiger partial charge in [0.2, 0.25) is 0 Å². The summed E-state index contributed by atoms with van der Waals surface area (Å²) in [6, 6.07) is 13.2. The third-order valence-corrected chi connectivity index (χ3v) is 3.89. The molecule has 1 unspecified atom stereocenters. The van der Waals surface area contributed by atoms with Crippen molar-refractivity contribution in [1.82, 2.24) is 5.32 Å². The predicted octanol–water partition coefficient (Wildman–Crippen LogP) is 4.26. The van der Waals surface area contributed by atoms with E-state index >= 15 is 0 Å². The van der Waals surface area contributed by atoms with Crippen LogP contribution in [-0.4, -0.2) is 13.0 Å². The van der Waals surface area contributed by atoms with Gasteiger partial charge in [-0.3, -0.25) is 4.79 Å². The number of carbonyl (C=O) groups is 1. The average Bonchev–Trinajstić information content (AvgIpc) is 2.49. The number of amides is 1. The fraction of sp³-hybridized carbons (Fsp3) is 0.235. The Morgan fingerprint density at radius 2 is 1.95 bits per heavy atom. The molecule has 0 aromatic heterocycles. The van der Waals surface area contributed by atoms with E-state index in [1.165, 1.54) is 0 Å². The van der Waals surface area contributed by atoms with Gasteiger partial charge in [-0.15, -0.1) is 0 Å². The Labute approximate surface area is 133 Å². The quantitative estimate of drug-likeness (QED) is 0.897. The van der Waals surface area contributed by atoms with Crippen LogP contribution in [0.1, 0.15) is 34.5 Å². The smallest absolute Gasteiger partial charge is 0.252 e. The van der Waals surface area contributed by atoms with Gasteiger partial charge in [0.1, 0.15) is 5.75 Å². The molecule has 2 rings (SSSR count). The molecule has 2 aromatic rings. The van der Waals surface area contributed by atoms with Crippen molar-refractivity contribution in [3.63, 3.8) is 0 Å². The Morgan fingerprint density at radius 1 is 1.24 bits per heavy atom. The second-order valence-electron chi connectivity index (χ2n) is 4.90. The van der Waals surface area contributed by atoms with Crippen LogP contribution in [-0.2, 0) is 0 Å². The molecule has 1 atom stereocenters. The molecule has 1 N–H and O–H groups in total. The number of carbonyl (C=O) groups excluding carboxylic acids is 1. The van der Waals surface area contributed by atoms with E-state index in [0.29, 0.717) is 5.56 Å². The summed E-state index contributed by atoms with van der Waals surface area (Å²) < 4.78 is 6.23. The summed E-state index contributed by atoms with van der Waals surface area (Å²) in [5.74, 6) is 0.684. The van der Waals surface area contributed by atoms with Crippen molar-refractivity contribution in [3.8, 4) is 5.75 Å². The van der Waals surface area contributed by atoms with Crippen LogP contribution in [0.2, 0.25) is 0 Å². The van der Waals surface area contributed by atoms with Gasteiger partial charge < -0.3 is 10.1 Å². The second-order valence-corrected chi connectivity index (χ2v) is 5.81. The summed E-state index contributed by atoms with van der Waals surface area (Å²) in [6.45, 7) is 3.87. The Hall–Kier alpha value is -1.81. The molecule has 0 bridgehead atoms. The summed E-state index contributed by atoms with van der Waals surface area (Å²) in [5.41, 5.74) is 2.58. The largest absolute Gasteiger partial charge is 0.496 e. The van der Waals surface area contributed by atoms with Gasteiger partial charge in [0.05, 0.1) is 13.2 Å². The molecule has 2 aromatic carbocycles. The van der Waals surface area contributed by atoms with Crippen LogP contribution in [0.15, 0.2) is 46.9 Å². The highest BCUT2D eigenvalue weighted by Gasteiger charge is 2.16. The maximum atomic E-state index is 12.4. The lowest BCUT2D eigenvalue weighted by Crippen LogP contribution is -2.27. The fourth-order valence-corrected chi connectivity index (χ4v) is 2.58. The SMILES string of the molecule is COc1ccccc1C(C)NC(=O)c1cc(Br)ccc1C. The first kappa shape index (κ1) is 15.6. The maximum Gasteiger partial charge on any atom is 0.252 e. The third kappa shape index (κ3) is 3.64. The fourth-order valence-electron chi connectivity index (χ4n) is 2.22. The lowest BCUT2D eigenvalue weighted by molar-refractivity contribution is 0.0939. The molecule has 3 nitrogen and oxygen atoms in total. The molecule has 0 radical (unpaired) electrons. The molecule has 0 aliphatic heterocycles. The van der Waals surface area contributed by atoms with Crippen LogP contribution < -0.4 is 10.1 Å². The molecule has 0 fully saturated rings. The first-order valence-corrected chi connectivity index (χ1v) is 7.52. The van der Waals surface area contributed by atoms with Crippen LogP contribution in [0.4, 0.5) is 0 Å². The van der Waals surface area contributed by atoms with Gasteiger partial charge in [-0.2, -0.15) is 0 Å². The van der Waals surface area contributed by atoms with Gasteiger partial charge in [-0.1, -0.05) is 40.2 Å². The molecule has 0 saturated carbocycles. The van der Waals surface area contributed by atoms with E-state index in [9.17, 15) is 4.79 Å². The van der Waals surface area contributed by atoms with Gasteiger partial charge in [-0.05, 0) is 37.6 Å². The first-order chi connectivity index (χ1) is 10.0.